The van der Waals surface area contributed by atoms with E-state index in [9.17, 15) is 14.7 Å². The van der Waals surface area contributed by atoms with Crippen LogP contribution < -0.4 is 0 Å². The largest absolute Gasteiger partial charge is 0.478 e. The van der Waals surface area contributed by atoms with Gasteiger partial charge in [-0.15, -0.1) is 0 Å². The number of carbonyl (C=O) groups is 2. The van der Waals surface area contributed by atoms with Crippen LogP contribution in [-0.4, -0.2) is 45.6 Å². The number of aryl methyl sites for hydroxylation is 1. The highest BCUT2D eigenvalue weighted by molar-refractivity contribution is 5.97. The summed E-state index contributed by atoms with van der Waals surface area (Å²) in [5.74, 6) is -2.37. The lowest BCUT2D eigenvalue weighted by Crippen LogP contribution is -2.14. The Morgan fingerprint density at radius 2 is 1.50 bits per heavy atom. The number of carboxylic acids is 2. The molecule has 1 rings (SSSR count). The molecule has 110 valence electrons. The number of aromatic carboxylic acids is 2. The summed E-state index contributed by atoms with van der Waals surface area (Å²) in [6, 6.07) is 2.86. The smallest absolute Gasteiger partial charge is 0.336 e. The molecule has 0 bridgehead atoms. The van der Waals surface area contributed by atoms with Gasteiger partial charge in [-0.25, -0.2) is 9.59 Å². The Hall–Kier alpha value is -1.92. The lowest BCUT2D eigenvalue weighted by Gasteiger charge is -2.14. The molecule has 0 aliphatic carbocycles. The van der Waals surface area contributed by atoms with Gasteiger partial charge >= 0.3 is 11.9 Å². The molecule has 20 heavy (non-hydrogen) atoms. The van der Waals surface area contributed by atoms with Gasteiger partial charge in [-0.05, 0) is 42.9 Å². The zero-order valence-electron chi connectivity index (χ0n) is 11.0. The predicted octanol–water partition coefficient (Wildman–Crippen LogP) is 0.933. The molecule has 0 fully saturated rings. The Balaban J connectivity index is 3.35. The van der Waals surface area contributed by atoms with Crippen molar-refractivity contribution in [2.45, 2.75) is 25.7 Å². The number of carboxylic acid groups (broad SMARTS) is 2. The van der Waals surface area contributed by atoms with Crippen molar-refractivity contribution in [3.63, 3.8) is 0 Å². The number of hydrogen-bond acceptors (Lipinski definition) is 4. The first-order valence-corrected chi connectivity index (χ1v) is 6.36. The van der Waals surface area contributed by atoms with Gasteiger partial charge in [0.15, 0.2) is 0 Å². The monoisotopic (exact) mass is 282 g/mol. The Morgan fingerprint density at radius 3 is 2.00 bits per heavy atom. The number of aliphatic hydroxyl groups is 2. The molecule has 4 N–H and O–H groups in total. The lowest BCUT2D eigenvalue weighted by molar-refractivity contribution is 0.0693. The minimum Gasteiger partial charge on any atom is -0.478 e. The van der Waals surface area contributed by atoms with Crippen LogP contribution in [0, 0.1) is 0 Å². The summed E-state index contributed by atoms with van der Waals surface area (Å²) in [5, 5.41) is 36.2. The molecular weight excluding hydrogens is 264 g/mol. The highest BCUT2D eigenvalue weighted by atomic mass is 16.4. The number of rotatable bonds is 8. The number of hydrogen-bond donors (Lipinski definition) is 4. The van der Waals surface area contributed by atoms with Gasteiger partial charge in [0.25, 0.3) is 0 Å². The average Bonchev–Trinajstić information content (AvgIpc) is 2.41. The fourth-order valence-electron chi connectivity index (χ4n) is 2.16. The van der Waals surface area contributed by atoms with E-state index >= 15 is 0 Å². The second-order valence-corrected chi connectivity index (χ2v) is 4.39. The third kappa shape index (κ3) is 3.79. The normalized spacial score (nSPS) is 10.5. The van der Waals surface area contributed by atoms with E-state index in [0.29, 0.717) is 24.8 Å². The molecule has 0 heterocycles. The van der Waals surface area contributed by atoms with Gasteiger partial charge in [-0.2, -0.15) is 0 Å². The summed E-state index contributed by atoms with van der Waals surface area (Å²) in [5.41, 5.74) is 0.661. The molecule has 0 spiro atoms. The maximum atomic E-state index is 11.4. The topological polar surface area (TPSA) is 115 Å². The maximum absolute atomic E-state index is 11.4. The molecule has 0 saturated carbocycles. The summed E-state index contributed by atoms with van der Waals surface area (Å²) in [4.78, 5) is 22.6. The van der Waals surface area contributed by atoms with Gasteiger partial charge in [0.2, 0.25) is 0 Å². The van der Waals surface area contributed by atoms with E-state index < -0.39 is 11.9 Å². The predicted molar refractivity (Wildman–Crippen MR) is 71.2 cm³/mol. The molecule has 0 amide bonds. The molecule has 6 heteroatoms. The first-order chi connectivity index (χ1) is 9.52. The van der Waals surface area contributed by atoms with Gasteiger partial charge in [0.1, 0.15) is 0 Å². The van der Waals surface area contributed by atoms with Crippen molar-refractivity contribution in [1.29, 1.82) is 0 Å². The van der Waals surface area contributed by atoms with E-state index in [-0.39, 0.29) is 36.3 Å². The second kappa shape index (κ2) is 7.62. The number of aliphatic hydroxyl groups excluding tert-OH is 2. The van der Waals surface area contributed by atoms with Gasteiger partial charge < -0.3 is 20.4 Å². The van der Waals surface area contributed by atoms with Gasteiger partial charge in [-0.3, -0.25) is 0 Å². The molecule has 0 saturated heterocycles. The van der Waals surface area contributed by atoms with Crippen molar-refractivity contribution in [1.82, 2.24) is 0 Å². The molecule has 1 aromatic rings. The van der Waals surface area contributed by atoms with Crippen molar-refractivity contribution < 1.29 is 30.0 Å². The van der Waals surface area contributed by atoms with Crippen LogP contribution in [0.3, 0.4) is 0 Å². The summed E-state index contributed by atoms with van der Waals surface area (Å²) in [6.45, 7) is -0.204. The van der Waals surface area contributed by atoms with Crippen LogP contribution in [0.2, 0.25) is 0 Å². The third-order valence-corrected chi connectivity index (χ3v) is 3.03. The maximum Gasteiger partial charge on any atom is 0.336 e. The highest BCUT2D eigenvalue weighted by Crippen LogP contribution is 2.23. The van der Waals surface area contributed by atoms with Crippen LogP contribution in [0.5, 0.6) is 0 Å². The highest BCUT2D eigenvalue weighted by Gasteiger charge is 2.21. The zero-order chi connectivity index (χ0) is 15.1. The first-order valence-electron chi connectivity index (χ1n) is 6.36. The van der Waals surface area contributed by atoms with E-state index in [1.54, 1.807) is 0 Å². The molecule has 0 radical (unpaired) electrons. The number of benzene rings is 1. The van der Waals surface area contributed by atoms with Crippen LogP contribution >= 0.6 is 0 Å². The Labute approximate surface area is 116 Å². The quantitative estimate of drug-likeness (QED) is 0.564. The fourth-order valence-corrected chi connectivity index (χ4v) is 2.16. The SMILES string of the molecule is O=C(O)c1ccc(CCCO)c(C(=O)O)c1CCCO. The molecule has 0 atom stereocenters. The Bertz CT molecular complexity index is 495. The van der Waals surface area contributed by atoms with Crippen LogP contribution in [0.1, 0.15) is 44.7 Å². The summed E-state index contributed by atoms with van der Waals surface area (Å²) < 4.78 is 0. The molecular formula is C14H18O6. The van der Waals surface area contributed by atoms with Crippen molar-refractivity contribution >= 4 is 11.9 Å². The van der Waals surface area contributed by atoms with Gasteiger partial charge in [0, 0.05) is 13.2 Å². The van der Waals surface area contributed by atoms with Gasteiger partial charge in [0.05, 0.1) is 11.1 Å². The molecule has 0 aliphatic heterocycles. The molecule has 6 nitrogen and oxygen atoms in total. The van der Waals surface area contributed by atoms with Crippen LogP contribution in [-0.2, 0) is 12.8 Å². The van der Waals surface area contributed by atoms with E-state index in [4.69, 9.17) is 15.3 Å². The van der Waals surface area contributed by atoms with Crippen LogP contribution in [0.25, 0.3) is 0 Å². The third-order valence-electron chi connectivity index (χ3n) is 3.03. The van der Waals surface area contributed by atoms with E-state index in [1.807, 2.05) is 0 Å². The summed E-state index contributed by atoms with van der Waals surface area (Å²) in [7, 11) is 0. The van der Waals surface area contributed by atoms with Crippen LogP contribution in [0.15, 0.2) is 12.1 Å². The van der Waals surface area contributed by atoms with E-state index in [1.165, 1.54) is 12.1 Å². The van der Waals surface area contributed by atoms with Crippen molar-refractivity contribution in [3.05, 3.63) is 34.4 Å². The first kappa shape index (κ1) is 16.1. The molecule has 1 aromatic carbocycles. The Kier molecular flexibility index (Phi) is 6.14. The van der Waals surface area contributed by atoms with Crippen molar-refractivity contribution in [3.8, 4) is 0 Å². The minimum atomic E-state index is -1.19. The van der Waals surface area contributed by atoms with Gasteiger partial charge in [-0.1, -0.05) is 6.07 Å². The van der Waals surface area contributed by atoms with E-state index in [2.05, 4.69) is 0 Å². The Morgan fingerprint density at radius 1 is 0.900 bits per heavy atom. The van der Waals surface area contributed by atoms with Crippen molar-refractivity contribution in [2.24, 2.45) is 0 Å². The molecule has 0 aromatic heterocycles. The molecule has 0 unspecified atom stereocenters. The standard InChI is InChI=1S/C14H18O6/c15-7-1-3-9-5-6-11(13(17)18)10(4-2-8-16)12(9)14(19)20/h5-6,15-16H,1-4,7-8H2,(H,17,18)(H,19,20). The van der Waals surface area contributed by atoms with Crippen molar-refractivity contribution in [2.75, 3.05) is 13.2 Å². The fraction of sp³-hybridized carbons (Fsp3) is 0.429. The summed E-state index contributed by atoms with van der Waals surface area (Å²) in [6.07, 6.45) is 1.26. The second-order valence-electron chi connectivity index (χ2n) is 4.39. The summed E-state index contributed by atoms with van der Waals surface area (Å²) >= 11 is 0. The van der Waals surface area contributed by atoms with E-state index in [0.717, 1.165) is 0 Å². The lowest BCUT2D eigenvalue weighted by atomic mass is 9.91. The molecule has 0 aliphatic rings. The average molecular weight is 282 g/mol. The minimum absolute atomic E-state index is 0.0215. The van der Waals surface area contributed by atoms with Crippen LogP contribution in [0.4, 0.5) is 0 Å². The zero-order valence-corrected chi connectivity index (χ0v) is 11.0.